The van der Waals surface area contributed by atoms with Gasteiger partial charge in [0.25, 0.3) is 0 Å². The first-order valence-electron chi connectivity index (χ1n) is 7.75. The number of aryl methyl sites for hydroxylation is 1. The monoisotopic (exact) mass is 277 g/mol. The van der Waals surface area contributed by atoms with Gasteiger partial charge < -0.3 is 9.84 Å². The fourth-order valence-electron chi connectivity index (χ4n) is 2.81. The smallest absolute Gasteiger partial charge is 0.0976 e. The third-order valence-corrected chi connectivity index (χ3v) is 3.79. The van der Waals surface area contributed by atoms with Gasteiger partial charge in [0.15, 0.2) is 0 Å². The van der Waals surface area contributed by atoms with Crippen molar-refractivity contribution in [1.29, 1.82) is 0 Å². The predicted octanol–water partition coefficient (Wildman–Crippen LogP) is 2.48. The van der Waals surface area contributed by atoms with Crippen molar-refractivity contribution in [2.24, 2.45) is 0 Å². The quantitative estimate of drug-likeness (QED) is 0.777. The molecule has 0 amide bonds. The number of benzene rings is 1. The zero-order valence-corrected chi connectivity index (χ0v) is 12.7. The lowest BCUT2D eigenvalue weighted by Gasteiger charge is -2.18. The van der Waals surface area contributed by atoms with Gasteiger partial charge >= 0.3 is 0 Å². The predicted molar refractivity (Wildman–Crippen MR) is 81.8 cm³/mol. The number of rotatable bonds is 7. The van der Waals surface area contributed by atoms with Crippen molar-refractivity contribution in [2.45, 2.75) is 51.4 Å². The first-order chi connectivity index (χ1) is 9.65. The van der Waals surface area contributed by atoms with Crippen molar-refractivity contribution in [1.82, 2.24) is 4.90 Å². The molecule has 3 heteroatoms. The van der Waals surface area contributed by atoms with Gasteiger partial charge in [0.1, 0.15) is 0 Å². The van der Waals surface area contributed by atoms with Crippen LogP contribution in [0.5, 0.6) is 0 Å². The molecule has 3 nitrogen and oxygen atoms in total. The largest absolute Gasteiger partial charge is 0.389 e. The molecule has 1 fully saturated rings. The summed E-state index contributed by atoms with van der Waals surface area (Å²) in [7, 11) is 0. The highest BCUT2D eigenvalue weighted by atomic mass is 16.5. The third-order valence-electron chi connectivity index (χ3n) is 3.79. The van der Waals surface area contributed by atoms with Crippen molar-refractivity contribution < 1.29 is 9.84 Å². The van der Waals surface area contributed by atoms with Crippen molar-refractivity contribution in [3.8, 4) is 0 Å². The van der Waals surface area contributed by atoms with E-state index in [0.717, 1.165) is 26.1 Å². The van der Waals surface area contributed by atoms with E-state index in [1.165, 1.54) is 18.4 Å². The number of aliphatic hydroxyl groups is 1. The Bertz CT molecular complexity index is 380. The summed E-state index contributed by atoms with van der Waals surface area (Å²) in [6, 6.07) is 10.6. The summed E-state index contributed by atoms with van der Waals surface area (Å²) >= 11 is 0. The Balaban J connectivity index is 1.63. The molecule has 1 saturated heterocycles. The van der Waals surface area contributed by atoms with E-state index < -0.39 is 0 Å². The first kappa shape index (κ1) is 15.5. The van der Waals surface area contributed by atoms with Crippen LogP contribution in [0.25, 0.3) is 0 Å². The second-order valence-corrected chi connectivity index (χ2v) is 5.99. The Hall–Kier alpha value is -0.900. The molecule has 0 aliphatic carbocycles. The van der Waals surface area contributed by atoms with Crippen LogP contribution in [0.1, 0.15) is 32.3 Å². The maximum Gasteiger partial charge on any atom is 0.0976 e. The van der Waals surface area contributed by atoms with Crippen LogP contribution in [0.3, 0.4) is 0 Å². The maximum absolute atomic E-state index is 9.98. The number of hydrogen-bond donors (Lipinski definition) is 1. The van der Waals surface area contributed by atoms with Gasteiger partial charge in [-0.1, -0.05) is 30.3 Å². The van der Waals surface area contributed by atoms with Gasteiger partial charge in [-0.25, -0.2) is 0 Å². The number of nitrogens with zero attached hydrogens (tertiary/aromatic N) is 1. The summed E-state index contributed by atoms with van der Waals surface area (Å²) in [6.45, 7) is 6.72. The van der Waals surface area contributed by atoms with E-state index in [2.05, 4.69) is 35.2 Å². The molecule has 1 aliphatic rings. The number of unbranched alkanes of at least 4 members (excludes halogenated alkanes) is 1. The fraction of sp³-hybridized carbons (Fsp3) is 0.647. The van der Waals surface area contributed by atoms with Gasteiger partial charge in [0.2, 0.25) is 0 Å². The van der Waals surface area contributed by atoms with Crippen molar-refractivity contribution in [2.75, 3.05) is 19.6 Å². The summed E-state index contributed by atoms with van der Waals surface area (Å²) in [5, 5.41) is 9.98. The van der Waals surface area contributed by atoms with E-state index in [1.807, 2.05) is 13.8 Å². The summed E-state index contributed by atoms with van der Waals surface area (Å²) < 4.78 is 5.74. The Morgan fingerprint density at radius 1 is 1.20 bits per heavy atom. The molecule has 0 radical (unpaired) electrons. The minimum atomic E-state index is -0.327. The van der Waals surface area contributed by atoms with Gasteiger partial charge in [0.05, 0.1) is 18.3 Å². The summed E-state index contributed by atoms with van der Waals surface area (Å²) in [5.41, 5.74) is 1.41. The van der Waals surface area contributed by atoms with Crippen molar-refractivity contribution in [3.63, 3.8) is 0 Å². The van der Waals surface area contributed by atoms with Gasteiger partial charge in [0, 0.05) is 13.1 Å². The van der Waals surface area contributed by atoms with E-state index in [0.29, 0.717) is 0 Å². The minimum absolute atomic E-state index is 0.0101. The molecular weight excluding hydrogens is 250 g/mol. The summed E-state index contributed by atoms with van der Waals surface area (Å²) in [4.78, 5) is 2.32. The zero-order chi connectivity index (χ0) is 14.4. The van der Waals surface area contributed by atoms with E-state index >= 15 is 0 Å². The molecule has 1 N–H and O–H groups in total. The highest BCUT2D eigenvalue weighted by Crippen LogP contribution is 2.16. The van der Waals surface area contributed by atoms with Crippen LogP contribution < -0.4 is 0 Å². The average Bonchev–Trinajstić information content (AvgIpc) is 2.76. The second-order valence-electron chi connectivity index (χ2n) is 5.99. The minimum Gasteiger partial charge on any atom is -0.389 e. The SMILES string of the molecule is CC(C)O[C@H]1CN(CCCCc2ccccc2)C[C@@H]1O. The first-order valence-corrected chi connectivity index (χ1v) is 7.75. The molecule has 0 unspecified atom stereocenters. The van der Waals surface area contributed by atoms with Crippen molar-refractivity contribution in [3.05, 3.63) is 35.9 Å². The second kappa shape index (κ2) is 7.77. The highest BCUT2D eigenvalue weighted by Gasteiger charge is 2.32. The summed E-state index contributed by atoms with van der Waals surface area (Å²) in [5.74, 6) is 0. The molecule has 1 aliphatic heterocycles. The number of β-amino-alcohol motifs (C(OH)–C–C–N with tert-alkyl or cyclic N) is 1. The van der Waals surface area contributed by atoms with Crippen molar-refractivity contribution >= 4 is 0 Å². The van der Waals surface area contributed by atoms with E-state index in [9.17, 15) is 5.11 Å². The maximum atomic E-state index is 9.98. The van der Waals surface area contributed by atoms with E-state index in [-0.39, 0.29) is 18.3 Å². The van der Waals surface area contributed by atoms with Gasteiger partial charge in [-0.15, -0.1) is 0 Å². The molecule has 112 valence electrons. The molecule has 0 saturated carbocycles. The van der Waals surface area contributed by atoms with Crippen LogP contribution in [0.2, 0.25) is 0 Å². The molecule has 1 aromatic rings. The van der Waals surface area contributed by atoms with Gasteiger partial charge in [-0.05, 0) is 45.2 Å². The molecule has 1 heterocycles. The highest BCUT2D eigenvalue weighted by molar-refractivity contribution is 5.14. The lowest BCUT2D eigenvalue weighted by Crippen LogP contribution is -2.29. The molecule has 20 heavy (non-hydrogen) atoms. The lowest BCUT2D eigenvalue weighted by molar-refractivity contribution is -0.0395. The molecule has 2 rings (SSSR count). The lowest BCUT2D eigenvalue weighted by atomic mass is 10.1. The standard InChI is InChI=1S/C17H27NO2/c1-14(2)20-17-13-18(12-16(17)19)11-7-6-10-15-8-4-3-5-9-15/h3-5,8-9,14,16-17,19H,6-7,10-13H2,1-2H3/t16-,17-/m0/s1. The van der Waals surface area contributed by atoms with Crippen LogP contribution in [0, 0.1) is 0 Å². The van der Waals surface area contributed by atoms with E-state index in [4.69, 9.17) is 4.74 Å². The molecule has 0 aromatic heterocycles. The summed E-state index contributed by atoms with van der Waals surface area (Å²) in [6.07, 6.45) is 3.37. The fourth-order valence-corrected chi connectivity index (χ4v) is 2.81. The Kier molecular flexibility index (Phi) is 6.02. The Morgan fingerprint density at radius 3 is 2.65 bits per heavy atom. The topological polar surface area (TPSA) is 32.7 Å². The zero-order valence-electron chi connectivity index (χ0n) is 12.7. The Morgan fingerprint density at radius 2 is 1.95 bits per heavy atom. The normalized spacial score (nSPS) is 23.6. The number of aliphatic hydroxyl groups excluding tert-OH is 1. The van der Waals surface area contributed by atoms with Gasteiger partial charge in [-0.2, -0.15) is 0 Å². The van der Waals surface area contributed by atoms with Crippen LogP contribution >= 0.6 is 0 Å². The average molecular weight is 277 g/mol. The van der Waals surface area contributed by atoms with Gasteiger partial charge in [-0.3, -0.25) is 4.90 Å². The third kappa shape index (κ3) is 4.89. The van der Waals surface area contributed by atoms with Crippen LogP contribution in [0.4, 0.5) is 0 Å². The van der Waals surface area contributed by atoms with Crippen LogP contribution in [-0.4, -0.2) is 48.0 Å². The Labute approximate surface area is 122 Å². The molecule has 1 aromatic carbocycles. The number of ether oxygens (including phenoxy) is 1. The van der Waals surface area contributed by atoms with Crippen LogP contribution in [-0.2, 0) is 11.2 Å². The number of likely N-dealkylation sites (tertiary alicyclic amines) is 1. The number of hydrogen-bond acceptors (Lipinski definition) is 3. The van der Waals surface area contributed by atoms with E-state index in [1.54, 1.807) is 0 Å². The molecule has 2 atom stereocenters. The van der Waals surface area contributed by atoms with Crippen LogP contribution in [0.15, 0.2) is 30.3 Å². The molecule has 0 bridgehead atoms. The molecule has 0 spiro atoms. The molecular formula is C17H27NO2.